The van der Waals surface area contributed by atoms with E-state index in [9.17, 15) is 0 Å². The molecule has 0 aliphatic heterocycles. The van der Waals surface area contributed by atoms with Crippen LogP contribution in [-0.4, -0.2) is 6.22 Å². The summed E-state index contributed by atoms with van der Waals surface area (Å²) in [6.07, 6.45) is 12.1. The van der Waals surface area contributed by atoms with Crippen molar-refractivity contribution in [3.05, 3.63) is 129 Å². The fourth-order valence-corrected chi connectivity index (χ4v) is 49.0. The Morgan fingerprint density at radius 1 is 0.551 bits per heavy atom. The second-order valence-electron chi connectivity index (χ2n) is 17.4. The maximum atomic E-state index is 2.86. The average Bonchev–Trinajstić information content (AvgIpc) is 3.73. The predicted octanol–water partition coefficient (Wildman–Crippen LogP) is 14.3. The van der Waals surface area contributed by atoms with Gasteiger partial charge in [-0.25, -0.2) is 0 Å². The number of fused-ring (bicyclic) bond motifs is 2. The topological polar surface area (TPSA) is 0 Å². The van der Waals surface area contributed by atoms with Crippen molar-refractivity contribution in [3.63, 3.8) is 0 Å². The quantitative estimate of drug-likeness (QED) is 0.140. The third-order valence-corrected chi connectivity index (χ3v) is 54.9. The summed E-state index contributed by atoms with van der Waals surface area (Å²) in [5, 5.41) is 0. The molecule has 6 rings (SSSR count). The van der Waals surface area contributed by atoms with Gasteiger partial charge in [-0.2, -0.15) is 0 Å². The van der Waals surface area contributed by atoms with Crippen molar-refractivity contribution in [1.29, 1.82) is 0 Å². The van der Waals surface area contributed by atoms with Crippen LogP contribution in [0.3, 0.4) is 0 Å². The van der Waals surface area contributed by atoms with Gasteiger partial charge in [-0.3, -0.25) is 0 Å². The van der Waals surface area contributed by atoms with Gasteiger partial charge in [0.1, 0.15) is 0 Å². The monoisotopic (exact) mass is 832 g/mol. The van der Waals surface area contributed by atoms with Gasteiger partial charge in [-0.15, -0.1) is 0 Å². The SMILES string of the molecule is CCC[SiH]=[Hf]([CH3])([CH3])([CH]1C=Cc2c(-c3cc(C(C)C)cc(C(C)C)c3)cccc21)[CH]1C=Cc2c(-c3cc(C(C)C)cc(C(C)C)c3)cccc21. The molecule has 0 nitrogen and oxygen atoms in total. The van der Waals surface area contributed by atoms with E-state index in [2.05, 4.69) is 169 Å². The van der Waals surface area contributed by atoms with Gasteiger partial charge in [0.25, 0.3) is 0 Å². The van der Waals surface area contributed by atoms with Gasteiger partial charge < -0.3 is 0 Å². The first-order valence-electron chi connectivity index (χ1n) is 19.2. The number of hydrogen-bond acceptors (Lipinski definition) is 0. The van der Waals surface area contributed by atoms with Crippen LogP contribution in [0.1, 0.15) is 144 Å². The van der Waals surface area contributed by atoms with E-state index in [4.69, 9.17) is 0 Å². The van der Waals surface area contributed by atoms with Gasteiger partial charge in [0, 0.05) is 0 Å². The van der Waals surface area contributed by atoms with E-state index < -0.39 is 17.1 Å². The van der Waals surface area contributed by atoms with E-state index in [1.807, 2.05) is 0 Å². The Hall–Kier alpha value is -2.55. The summed E-state index contributed by atoms with van der Waals surface area (Å²) in [6.45, 7) is 21.0. The van der Waals surface area contributed by atoms with E-state index in [1.165, 1.54) is 68.1 Å². The average molecular weight is 832 g/mol. The van der Waals surface area contributed by atoms with E-state index in [0.717, 1.165) is 0 Å². The zero-order chi connectivity index (χ0) is 35.3. The summed E-state index contributed by atoms with van der Waals surface area (Å²) in [5.74, 6) is 2.05. The second-order valence-corrected chi connectivity index (χ2v) is 61.8. The van der Waals surface area contributed by atoms with Crippen LogP contribution >= 0.6 is 0 Å². The van der Waals surface area contributed by atoms with Crippen molar-refractivity contribution in [3.8, 4) is 22.3 Å². The Labute approximate surface area is 300 Å². The number of rotatable bonds is 10. The van der Waals surface area contributed by atoms with Crippen LogP contribution in [0.5, 0.6) is 0 Å². The summed E-state index contributed by atoms with van der Waals surface area (Å²) < 4.78 is 6.85. The van der Waals surface area contributed by atoms with Crippen LogP contribution < -0.4 is 0 Å². The van der Waals surface area contributed by atoms with Gasteiger partial charge in [-0.1, -0.05) is 0 Å². The van der Waals surface area contributed by atoms with Crippen LogP contribution in [0, 0.1) is 0 Å². The minimum absolute atomic E-state index is 0.368. The molecule has 0 spiro atoms. The van der Waals surface area contributed by atoms with E-state index >= 15 is 0 Å². The van der Waals surface area contributed by atoms with Crippen molar-refractivity contribution in [1.82, 2.24) is 0 Å². The standard InChI is InChI=1S/2C21H23.C3H8Si.2CH3.Hf/c2*1-14(2)17-11-18(15(3)4)13-19(12-17)21-10-6-8-16-7-5-9-20(16)21;1-2-3-4;;;/h2*5-15H,1-4H3;4H,2-3H2,1H3;2*1H3;. The molecule has 0 saturated heterocycles. The molecule has 2 aliphatic rings. The second kappa shape index (κ2) is 13.9. The zero-order valence-corrected chi connectivity index (χ0v) is 36.9. The van der Waals surface area contributed by atoms with Crippen molar-refractivity contribution in [2.45, 2.75) is 115 Å². The number of hydrogen-bond donors (Lipinski definition) is 0. The molecule has 4 aromatic rings. The molecule has 0 saturated carbocycles. The van der Waals surface area contributed by atoms with Gasteiger partial charge in [-0.05, 0) is 0 Å². The molecule has 2 heteroatoms. The van der Waals surface area contributed by atoms with Crippen LogP contribution in [0.15, 0.2) is 84.9 Å². The van der Waals surface area contributed by atoms with Crippen molar-refractivity contribution < 1.29 is 17.1 Å². The molecule has 2 atom stereocenters. The summed E-state index contributed by atoms with van der Waals surface area (Å²) in [7, 11) is 0. The van der Waals surface area contributed by atoms with Crippen molar-refractivity contribution in [2.24, 2.45) is 0 Å². The maximum absolute atomic E-state index is 3.75. The molecule has 2 unspecified atom stereocenters. The Morgan fingerprint density at radius 3 is 1.24 bits per heavy atom. The molecular weight excluding hydrogens is 771 g/mol. The third-order valence-electron chi connectivity index (χ3n) is 12.1. The molecule has 4 aromatic carbocycles. The van der Waals surface area contributed by atoms with E-state index in [0.29, 0.717) is 37.2 Å². The molecule has 0 radical (unpaired) electrons. The minimum atomic E-state index is -3.75. The van der Waals surface area contributed by atoms with Gasteiger partial charge in [0.2, 0.25) is 0 Å². The molecular formula is C47H60HfSi. The first kappa shape index (κ1) is 36.2. The molecule has 49 heavy (non-hydrogen) atoms. The summed E-state index contributed by atoms with van der Waals surface area (Å²) in [5.41, 5.74) is 17.6. The van der Waals surface area contributed by atoms with Gasteiger partial charge >= 0.3 is 302 Å². The van der Waals surface area contributed by atoms with Crippen LogP contribution in [-0.2, 0) is 17.1 Å². The summed E-state index contributed by atoms with van der Waals surface area (Å²) in [6, 6.07) is 30.6. The van der Waals surface area contributed by atoms with E-state index in [-0.39, 0.29) is 0 Å². The first-order chi connectivity index (χ1) is 23.2. The summed E-state index contributed by atoms with van der Waals surface area (Å²) >= 11 is -3.75. The molecule has 0 heterocycles. The molecule has 256 valence electrons. The molecule has 0 N–H and O–H groups in total. The Kier molecular flexibility index (Phi) is 10.3. The Bertz CT molecular complexity index is 1820. The fourth-order valence-electron chi connectivity index (χ4n) is 8.81. The normalized spacial score (nSPS) is 17.1. The molecule has 0 aromatic heterocycles. The van der Waals surface area contributed by atoms with Gasteiger partial charge in [0.15, 0.2) is 0 Å². The van der Waals surface area contributed by atoms with Crippen molar-refractivity contribution in [2.75, 3.05) is 0 Å². The first-order valence-corrected chi connectivity index (χ1v) is 38.1. The fraction of sp³-hybridized carbons (Fsp3) is 0.404. The molecule has 0 fully saturated rings. The van der Waals surface area contributed by atoms with Gasteiger partial charge in [0.05, 0.1) is 0 Å². The summed E-state index contributed by atoms with van der Waals surface area (Å²) in [4.78, 5) is 0. The van der Waals surface area contributed by atoms with E-state index in [1.54, 1.807) is 11.1 Å². The predicted molar refractivity (Wildman–Crippen MR) is 218 cm³/mol. The van der Waals surface area contributed by atoms with Crippen molar-refractivity contribution >= 4 is 18.4 Å². The number of benzene rings is 4. The van der Waals surface area contributed by atoms with Crippen LogP contribution in [0.2, 0.25) is 15.4 Å². The molecule has 2 aliphatic carbocycles. The molecule has 0 amide bonds. The Balaban J connectivity index is 1.49. The molecule has 0 bridgehead atoms. The zero-order valence-electron chi connectivity index (χ0n) is 32.2. The third kappa shape index (κ3) is 6.67. The Morgan fingerprint density at radius 2 is 0.918 bits per heavy atom. The van der Waals surface area contributed by atoms with Crippen LogP contribution in [0.25, 0.3) is 34.4 Å². The number of allylic oxidation sites excluding steroid dienone is 2. The van der Waals surface area contributed by atoms with Crippen LogP contribution in [0.4, 0.5) is 0 Å².